The summed E-state index contributed by atoms with van der Waals surface area (Å²) in [7, 11) is 0. The van der Waals surface area contributed by atoms with Gasteiger partial charge in [0.15, 0.2) is 12.2 Å². The van der Waals surface area contributed by atoms with Crippen LogP contribution in [0.25, 0.3) is 22.1 Å². The zero-order valence-electron chi connectivity index (χ0n) is 31.3. The molecule has 4 aromatic rings. The van der Waals surface area contributed by atoms with Gasteiger partial charge in [-0.05, 0) is 65.8 Å². The van der Waals surface area contributed by atoms with E-state index in [-0.39, 0.29) is 37.1 Å². The molecule has 2 aliphatic rings. The minimum Gasteiger partial charge on any atom is -0.389 e. The number of morpholine rings is 2. The van der Waals surface area contributed by atoms with Crippen LogP contribution in [0, 0.1) is 22.7 Å². The largest absolute Gasteiger partial charge is 0.389 e. The molecule has 0 radical (unpaired) electrons. The Morgan fingerprint density at radius 3 is 1.37 bits per heavy atom. The van der Waals surface area contributed by atoms with E-state index in [1.807, 2.05) is 35.8 Å². The molecule has 0 bridgehead atoms. The number of carbonyl (C=O) groups is 2. The van der Waals surface area contributed by atoms with Crippen molar-refractivity contribution in [1.82, 2.24) is 30.6 Å². The Labute approximate surface area is 313 Å². The summed E-state index contributed by atoms with van der Waals surface area (Å²) in [6.07, 6.45) is 4.62. The first kappa shape index (κ1) is 39.7. The van der Waals surface area contributed by atoms with Crippen LogP contribution >= 0.6 is 0 Å². The van der Waals surface area contributed by atoms with Crippen LogP contribution in [0.1, 0.15) is 52.7 Å². The molecule has 0 aliphatic carbocycles. The van der Waals surface area contributed by atoms with Crippen molar-refractivity contribution in [3.05, 3.63) is 60.2 Å². The van der Waals surface area contributed by atoms with Crippen molar-refractivity contribution in [2.24, 2.45) is 0 Å². The highest BCUT2D eigenvalue weighted by Gasteiger charge is 2.34. The maximum Gasteiger partial charge on any atom is 0.251 e. The van der Waals surface area contributed by atoms with E-state index in [9.17, 15) is 30.3 Å². The van der Waals surface area contributed by atoms with E-state index in [2.05, 4.69) is 42.7 Å². The number of aromatic nitrogens is 4. The third-order valence-electron chi connectivity index (χ3n) is 8.63. The minimum atomic E-state index is -0.992. The van der Waals surface area contributed by atoms with Crippen molar-refractivity contribution in [1.29, 1.82) is 10.5 Å². The van der Waals surface area contributed by atoms with Gasteiger partial charge in [-0.1, -0.05) is 0 Å². The second kappa shape index (κ2) is 16.7. The van der Waals surface area contributed by atoms with Crippen molar-refractivity contribution in [2.45, 2.75) is 77.2 Å². The summed E-state index contributed by atoms with van der Waals surface area (Å²) in [6.45, 7) is 12.5. The lowest BCUT2D eigenvalue weighted by Crippen LogP contribution is -2.54. The predicted octanol–water partition coefficient (Wildman–Crippen LogP) is 1.96. The second-order valence-electron chi connectivity index (χ2n) is 14.7. The van der Waals surface area contributed by atoms with E-state index in [4.69, 9.17) is 9.47 Å². The summed E-state index contributed by atoms with van der Waals surface area (Å²) in [5.41, 5.74) is 2.90. The monoisotopic (exact) mass is 738 g/mol. The number of carbonyl (C=O) groups excluding carboxylic acids is 2. The number of amides is 2. The second-order valence-corrected chi connectivity index (χ2v) is 14.7. The van der Waals surface area contributed by atoms with E-state index in [0.29, 0.717) is 59.4 Å². The number of hydrogen-bond donors (Lipinski definition) is 4. The van der Waals surface area contributed by atoms with Gasteiger partial charge in [-0.2, -0.15) is 10.5 Å². The van der Waals surface area contributed by atoms with E-state index in [0.717, 1.165) is 11.4 Å². The van der Waals surface area contributed by atoms with Gasteiger partial charge >= 0.3 is 0 Å². The number of rotatable bonds is 8. The Morgan fingerprint density at radius 1 is 0.685 bits per heavy atom. The molecule has 4 N–H and O–H groups in total. The van der Waals surface area contributed by atoms with E-state index < -0.39 is 23.4 Å². The summed E-state index contributed by atoms with van der Waals surface area (Å²) in [5, 5.41) is 43.7. The summed E-state index contributed by atoms with van der Waals surface area (Å²) < 4.78 is 11.6. The molecule has 16 heteroatoms. The van der Waals surface area contributed by atoms with Crippen molar-refractivity contribution in [2.75, 3.05) is 49.1 Å². The summed E-state index contributed by atoms with van der Waals surface area (Å²) >= 11 is 0. The lowest BCUT2D eigenvalue weighted by molar-refractivity contribution is -0.138. The maximum atomic E-state index is 12.5. The zero-order chi connectivity index (χ0) is 39.2. The summed E-state index contributed by atoms with van der Waals surface area (Å²) in [6, 6.07) is 11.4. The van der Waals surface area contributed by atoms with Gasteiger partial charge in [0.1, 0.15) is 34.2 Å². The standard InChI is InChI=1S/2C19H23N5O3/c2*1-12-9-24(10-15(27-12)18(25)23-11-19(2,3)26)14-5-4-13(8-20)16-17(14)22-7-6-21-16/h2*4-7,12,15,26H,9-11H2,1-3H3,(H,23,25). The Balaban J connectivity index is 0.000000208. The molecule has 2 saturated heterocycles. The van der Waals surface area contributed by atoms with E-state index in [1.165, 1.54) is 0 Å². The Kier molecular flexibility index (Phi) is 12.2. The van der Waals surface area contributed by atoms with Gasteiger partial charge in [-0.15, -0.1) is 0 Å². The first-order valence-electron chi connectivity index (χ1n) is 17.7. The van der Waals surface area contributed by atoms with Crippen molar-refractivity contribution < 1.29 is 29.3 Å². The number of ether oxygens (including phenoxy) is 2. The van der Waals surface area contributed by atoms with Gasteiger partial charge in [-0.25, -0.2) is 0 Å². The van der Waals surface area contributed by atoms with Crippen LogP contribution < -0.4 is 20.4 Å². The van der Waals surface area contributed by atoms with Gasteiger partial charge in [0.25, 0.3) is 11.8 Å². The number of anilines is 2. The highest BCUT2D eigenvalue weighted by atomic mass is 16.5. The molecule has 2 fully saturated rings. The number of fused-ring (bicyclic) bond motifs is 2. The molecular formula is C38H46N10O6. The summed E-state index contributed by atoms with van der Waals surface area (Å²) in [5.74, 6) is -0.532. The number of nitriles is 2. The molecule has 4 atom stereocenters. The zero-order valence-corrected chi connectivity index (χ0v) is 31.3. The highest BCUT2D eigenvalue weighted by Crippen LogP contribution is 2.30. The molecule has 4 unspecified atom stereocenters. The van der Waals surface area contributed by atoms with Crippen molar-refractivity contribution in [3.8, 4) is 12.1 Å². The maximum absolute atomic E-state index is 12.5. The molecule has 4 heterocycles. The van der Waals surface area contributed by atoms with Crippen LogP contribution in [0.5, 0.6) is 0 Å². The lowest BCUT2D eigenvalue weighted by atomic mass is 10.1. The first-order valence-corrected chi connectivity index (χ1v) is 17.7. The lowest BCUT2D eigenvalue weighted by Gasteiger charge is -2.38. The molecule has 6 rings (SSSR count). The van der Waals surface area contributed by atoms with Crippen LogP contribution in [0.4, 0.5) is 11.4 Å². The van der Waals surface area contributed by atoms with Crippen LogP contribution in [-0.2, 0) is 19.1 Å². The molecular weight excluding hydrogens is 692 g/mol. The topological polar surface area (TPSA) is 223 Å². The Bertz CT molecular complexity index is 1920. The fourth-order valence-corrected chi connectivity index (χ4v) is 6.20. The van der Waals surface area contributed by atoms with Gasteiger partial charge < -0.3 is 40.1 Å². The van der Waals surface area contributed by atoms with Crippen LogP contribution in [0.15, 0.2) is 49.1 Å². The fourth-order valence-electron chi connectivity index (χ4n) is 6.20. The smallest absolute Gasteiger partial charge is 0.251 e. The van der Waals surface area contributed by atoms with E-state index >= 15 is 0 Å². The average molecular weight is 739 g/mol. The Morgan fingerprint density at radius 2 is 1.04 bits per heavy atom. The molecule has 0 spiro atoms. The average Bonchev–Trinajstić information content (AvgIpc) is 3.14. The molecule has 54 heavy (non-hydrogen) atoms. The van der Waals surface area contributed by atoms with Gasteiger partial charge in [0.05, 0.1) is 59.0 Å². The molecule has 284 valence electrons. The van der Waals surface area contributed by atoms with Gasteiger partial charge in [-0.3, -0.25) is 29.5 Å². The third kappa shape index (κ3) is 9.91. The van der Waals surface area contributed by atoms with Crippen LogP contribution in [-0.4, -0.2) is 117 Å². The SMILES string of the molecule is CC1CN(c2ccc(C#N)c3nccnc23)CC(C(=O)NCC(C)(C)O)O1.CC1CN(c2ccc(C#N)c3nccnc23)CC(C(=O)NCC(C)(C)O)O1. The van der Waals surface area contributed by atoms with Crippen molar-refractivity contribution in [3.63, 3.8) is 0 Å². The number of benzene rings is 2. The molecule has 2 aliphatic heterocycles. The number of nitrogens with one attached hydrogen (secondary N) is 2. The minimum absolute atomic E-state index is 0.144. The normalized spacial score (nSPS) is 20.3. The van der Waals surface area contributed by atoms with E-state index in [1.54, 1.807) is 64.6 Å². The molecule has 2 aromatic carbocycles. The van der Waals surface area contributed by atoms with Crippen LogP contribution in [0.3, 0.4) is 0 Å². The highest BCUT2D eigenvalue weighted by molar-refractivity contribution is 5.93. The predicted molar refractivity (Wildman–Crippen MR) is 200 cm³/mol. The molecule has 0 saturated carbocycles. The van der Waals surface area contributed by atoms with Gasteiger partial charge in [0, 0.05) is 51.0 Å². The molecule has 16 nitrogen and oxygen atoms in total. The first-order chi connectivity index (χ1) is 25.6. The van der Waals surface area contributed by atoms with Gasteiger partial charge in [0.2, 0.25) is 0 Å². The molecule has 2 aromatic heterocycles. The number of hydrogen-bond acceptors (Lipinski definition) is 14. The number of aliphatic hydroxyl groups is 2. The Hall–Kier alpha value is -5.52. The third-order valence-corrected chi connectivity index (χ3v) is 8.63. The number of nitrogens with zero attached hydrogens (tertiary/aromatic N) is 8. The van der Waals surface area contributed by atoms with Crippen LogP contribution in [0.2, 0.25) is 0 Å². The quantitative estimate of drug-likeness (QED) is 0.203. The summed E-state index contributed by atoms with van der Waals surface area (Å²) in [4.78, 5) is 46.4. The molecule has 2 amide bonds. The van der Waals surface area contributed by atoms with Crippen molar-refractivity contribution >= 4 is 45.3 Å². The fraction of sp³-hybridized carbons (Fsp3) is 0.474.